The van der Waals surface area contributed by atoms with Crippen LogP contribution in [0, 0.1) is 3.95 Å². The number of anilines is 1. The number of aromatic nitrogens is 1. The molecule has 9 heteroatoms. The number of hydrogen-bond acceptors (Lipinski definition) is 5. The molecule has 0 bridgehead atoms. The van der Waals surface area contributed by atoms with E-state index in [1.54, 1.807) is 12.1 Å². The molecule has 0 unspecified atom stereocenters. The van der Waals surface area contributed by atoms with E-state index in [-0.39, 0.29) is 11.7 Å². The van der Waals surface area contributed by atoms with Crippen molar-refractivity contribution in [1.82, 2.24) is 9.88 Å². The number of halogens is 2. The molecule has 2 aromatic carbocycles. The Morgan fingerprint density at radius 2 is 1.77 bits per heavy atom. The molecule has 2 heterocycles. The standard InChI is InChI=1S/C17H11Br2N3O2S2/c18-10-6-8(7-11(19)12(10)23)14-20-15-13(16(24)21-14)26-17(25)22(15)9-4-2-1-3-5-9/h1-7,14,20,23H,(H,21,24)/t14-/m1/s1. The maximum Gasteiger partial charge on any atom is 0.267 e. The minimum absolute atomic E-state index is 0.110. The summed E-state index contributed by atoms with van der Waals surface area (Å²) >= 11 is 13.4. The zero-order valence-electron chi connectivity index (χ0n) is 13.0. The van der Waals surface area contributed by atoms with Crippen molar-refractivity contribution >= 4 is 67.1 Å². The van der Waals surface area contributed by atoms with Gasteiger partial charge in [0.05, 0.1) is 8.95 Å². The quantitative estimate of drug-likeness (QED) is 0.405. The van der Waals surface area contributed by atoms with E-state index in [9.17, 15) is 9.90 Å². The summed E-state index contributed by atoms with van der Waals surface area (Å²) in [4.78, 5) is 13.2. The van der Waals surface area contributed by atoms with Gasteiger partial charge in [0.1, 0.15) is 22.6 Å². The summed E-state index contributed by atoms with van der Waals surface area (Å²) in [6, 6.07) is 13.2. The Morgan fingerprint density at radius 1 is 1.12 bits per heavy atom. The van der Waals surface area contributed by atoms with Crippen molar-refractivity contribution in [2.75, 3.05) is 5.32 Å². The average Bonchev–Trinajstić information content (AvgIpc) is 2.96. The highest BCUT2D eigenvalue weighted by Crippen LogP contribution is 2.38. The van der Waals surface area contributed by atoms with Crippen LogP contribution < -0.4 is 10.6 Å². The number of nitrogens with zero attached hydrogens (tertiary/aromatic N) is 1. The second-order valence-electron chi connectivity index (χ2n) is 5.60. The molecule has 3 N–H and O–H groups in total. The van der Waals surface area contributed by atoms with Gasteiger partial charge in [-0.05, 0) is 73.9 Å². The number of rotatable bonds is 2. The Kier molecular flexibility index (Phi) is 4.64. The van der Waals surface area contributed by atoms with E-state index in [4.69, 9.17) is 12.2 Å². The number of amides is 1. The van der Waals surface area contributed by atoms with Gasteiger partial charge >= 0.3 is 0 Å². The van der Waals surface area contributed by atoms with Crippen LogP contribution in [-0.2, 0) is 0 Å². The fourth-order valence-corrected chi connectivity index (χ4v) is 5.29. The first-order valence-electron chi connectivity index (χ1n) is 7.52. The number of para-hydroxylation sites is 1. The molecule has 5 nitrogen and oxygen atoms in total. The number of phenolic OH excluding ortho intramolecular Hbond substituents is 1. The molecular weight excluding hydrogens is 502 g/mol. The maximum absolute atomic E-state index is 12.6. The van der Waals surface area contributed by atoms with Gasteiger partial charge in [-0.2, -0.15) is 0 Å². The summed E-state index contributed by atoms with van der Waals surface area (Å²) in [6.45, 7) is 0. The summed E-state index contributed by atoms with van der Waals surface area (Å²) in [5.41, 5.74) is 1.68. The van der Waals surface area contributed by atoms with Gasteiger partial charge in [0.25, 0.3) is 5.91 Å². The van der Waals surface area contributed by atoms with Crippen LogP contribution in [0.25, 0.3) is 5.69 Å². The van der Waals surface area contributed by atoms with E-state index >= 15 is 0 Å². The lowest BCUT2D eigenvalue weighted by atomic mass is 10.1. The number of hydrogen-bond donors (Lipinski definition) is 3. The van der Waals surface area contributed by atoms with E-state index in [2.05, 4.69) is 42.5 Å². The third-order valence-corrected chi connectivity index (χ3v) is 6.54. The first-order chi connectivity index (χ1) is 12.5. The SMILES string of the molecule is O=C1N[C@H](c2cc(Br)c(O)c(Br)c2)Nc2c1sc(=S)n2-c1ccccc1. The van der Waals surface area contributed by atoms with E-state index in [0.29, 0.717) is 23.6 Å². The molecule has 1 atom stereocenters. The number of phenols is 1. The number of carbonyl (C=O) groups excluding carboxylic acids is 1. The molecule has 0 fully saturated rings. The van der Waals surface area contributed by atoms with E-state index in [1.165, 1.54) is 11.3 Å². The Morgan fingerprint density at radius 3 is 2.42 bits per heavy atom. The first kappa shape index (κ1) is 17.7. The van der Waals surface area contributed by atoms with Crippen LogP contribution in [0.15, 0.2) is 51.4 Å². The number of aromatic hydroxyl groups is 1. The Balaban J connectivity index is 1.82. The number of fused-ring (bicyclic) bond motifs is 1. The van der Waals surface area contributed by atoms with Crippen LogP contribution in [0.5, 0.6) is 5.75 Å². The van der Waals surface area contributed by atoms with Crippen LogP contribution in [0.2, 0.25) is 0 Å². The Labute approximate surface area is 174 Å². The molecule has 0 saturated heterocycles. The van der Waals surface area contributed by atoms with Crippen LogP contribution in [0.1, 0.15) is 21.4 Å². The number of thiazole rings is 1. The Hall–Kier alpha value is -1.68. The van der Waals surface area contributed by atoms with Gasteiger partial charge in [-0.15, -0.1) is 0 Å². The summed E-state index contributed by atoms with van der Waals surface area (Å²) in [6.07, 6.45) is -0.456. The minimum Gasteiger partial charge on any atom is -0.506 e. The summed E-state index contributed by atoms with van der Waals surface area (Å²) in [5.74, 6) is 0.592. The lowest BCUT2D eigenvalue weighted by Gasteiger charge is -2.27. The zero-order valence-corrected chi connectivity index (χ0v) is 17.8. The van der Waals surface area contributed by atoms with E-state index in [0.717, 1.165) is 11.3 Å². The molecule has 0 aliphatic carbocycles. The fourth-order valence-electron chi connectivity index (χ4n) is 2.76. The number of carbonyl (C=O) groups is 1. The predicted octanol–water partition coefficient (Wildman–Crippen LogP) is 5.35. The molecule has 1 amide bonds. The van der Waals surface area contributed by atoms with Crippen molar-refractivity contribution in [3.05, 3.63) is 65.8 Å². The average molecular weight is 513 g/mol. The second kappa shape index (κ2) is 6.80. The topological polar surface area (TPSA) is 66.3 Å². The molecule has 1 aliphatic rings. The highest BCUT2D eigenvalue weighted by atomic mass is 79.9. The van der Waals surface area contributed by atoms with Gasteiger partial charge in [-0.25, -0.2) is 0 Å². The van der Waals surface area contributed by atoms with Crippen molar-refractivity contribution in [2.45, 2.75) is 6.17 Å². The van der Waals surface area contributed by atoms with Gasteiger partial charge < -0.3 is 15.7 Å². The van der Waals surface area contributed by atoms with Crippen molar-refractivity contribution in [3.63, 3.8) is 0 Å². The molecule has 0 spiro atoms. The largest absolute Gasteiger partial charge is 0.506 e. The third kappa shape index (κ3) is 2.98. The second-order valence-corrected chi connectivity index (χ2v) is 8.95. The third-order valence-electron chi connectivity index (χ3n) is 3.96. The van der Waals surface area contributed by atoms with Crippen molar-refractivity contribution in [3.8, 4) is 11.4 Å². The first-order valence-corrected chi connectivity index (χ1v) is 10.3. The van der Waals surface area contributed by atoms with E-state index in [1.807, 2.05) is 34.9 Å². The highest BCUT2D eigenvalue weighted by Gasteiger charge is 2.30. The van der Waals surface area contributed by atoms with Crippen molar-refractivity contribution < 1.29 is 9.90 Å². The predicted molar refractivity (Wildman–Crippen MR) is 112 cm³/mol. The highest BCUT2D eigenvalue weighted by molar-refractivity contribution is 9.11. The van der Waals surface area contributed by atoms with E-state index < -0.39 is 6.17 Å². The molecule has 132 valence electrons. The summed E-state index contributed by atoms with van der Waals surface area (Å²) < 4.78 is 3.53. The van der Waals surface area contributed by atoms with Gasteiger partial charge in [-0.3, -0.25) is 9.36 Å². The number of nitrogens with one attached hydrogen (secondary N) is 2. The normalized spacial score (nSPS) is 15.9. The summed E-state index contributed by atoms with van der Waals surface area (Å²) in [7, 11) is 0. The van der Waals surface area contributed by atoms with Gasteiger partial charge in [0.2, 0.25) is 0 Å². The fraction of sp³-hybridized carbons (Fsp3) is 0.0588. The summed E-state index contributed by atoms with van der Waals surface area (Å²) in [5, 5.41) is 16.2. The molecule has 3 aromatic rings. The lowest BCUT2D eigenvalue weighted by molar-refractivity contribution is 0.0939. The van der Waals surface area contributed by atoms with Crippen molar-refractivity contribution in [2.24, 2.45) is 0 Å². The van der Waals surface area contributed by atoms with Crippen LogP contribution >= 0.6 is 55.4 Å². The van der Waals surface area contributed by atoms with Gasteiger partial charge in [0.15, 0.2) is 3.95 Å². The molecular formula is C17H11Br2N3O2S2. The Bertz CT molecular complexity index is 1060. The van der Waals surface area contributed by atoms with Crippen LogP contribution in [0.4, 0.5) is 5.82 Å². The van der Waals surface area contributed by atoms with Crippen molar-refractivity contribution in [1.29, 1.82) is 0 Å². The molecule has 26 heavy (non-hydrogen) atoms. The van der Waals surface area contributed by atoms with Gasteiger partial charge in [0, 0.05) is 5.69 Å². The maximum atomic E-state index is 12.6. The molecule has 0 radical (unpaired) electrons. The van der Waals surface area contributed by atoms with Crippen LogP contribution in [-0.4, -0.2) is 15.6 Å². The molecule has 1 aliphatic heterocycles. The smallest absolute Gasteiger partial charge is 0.267 e. The van der Waals surface area contributed by atoms with Gasteiger partial charge in [-0.1, -0.05) is 29.5 Å². The van der Waals surface area contributed by atoms with Crippen LogP contribution in [0.3, 0.4) is 0 Å². The molecule has 4 rings (SSSR count). The molecule has 1 aromatic heterocycles. The minimum atomic E-state index is -0.456. The molecule has 0 saturated carbocycles. The lowest BCUT2D eigenvalue weighted by Crippen LogP contribution is -2.38. The number of benzene rings is 2. The monoisotopic (exact) mass is 511 g/mol. The zero-order chi connectivity index (χ0) is 18.4.